The minimum absolute atomic E-state index is 0.183. The van der Waals surface area contributed by atoms with Gasteiger partial charge in [-0.1, -0.05) is 6.92 Å². The van der Waals surface area contributed by atoms with Crippen molar-refractivity contribution < 1.29 is 0 Å². The van der Waals surface area contributed by atoms with Crippen LogP contribution in [0.25, 0.3) is 0 Å². The van der Waals surface area contributed by atoms with Crippen molar-refractivity contribution in [1.29, 1.82) is 5.26 Å². The van der Waals surface area contributed by atoms with Gasteiger partial charge < -0.3 is 10.2 Å². The summed E-state index contributed by atoms with van der Waals surface area (Å²) >= 11 is 0. The van der Waals surface area contributed by atoms with Gasteiger partial charge in [0.1, 0.15) is 0 Å². The highest BCUT2D eigenvalue weighted by Gasteiger charge is 2.17. The Morgan fingerprint density at radius 2 is 2.43 bits per heavy atom. The average Bonchev–Trinajstić information content (AvgIpc) is 2.19. The SMILES string of the molecule is CCC(C#N)CNC1CCCN(C)C1. The molecule has 14 heavy (non-hydrogen) atoms. The first-order valence-corrected chi connectivity index (χ1v) is 5.57. The molecule has 1 heterocycles. The molecule has 0 spiro atoms. The van der Waals surface area contributed by atoms with Crippen molar-refractivity contribution in [3.63, 3.8) is 0 Å². The summed E-state index contributed by atoms with van der Waals surface area (Å²) in [6.45, 7) is 5.27. The lowest BCUT2D eigenvalue weighted by Crippen LogP contribution is -2.45. The molecular formula is C11H21N3. The van der Waals surface area contributed by atoms with Crippen molar-refractivity contribution in [2.24, 2.45) is 5.92 Å². The summed E-state index contributed by atoms with van der Waals surface area (Å²) < 4.78 is 0. The maximum atomic E-state index is 8.81. The zero-order chi connectivity index (χ0) is 10.4. The molecule has 2 atom stereocenters. The van der Waals surface area contributed by atoms with Gasteiger partial charge in [-0.15, -0.1) is 0 Å². The summed E-state index contributed by atoms with van der Waals surface area (Å²) in [6.07, 6.45) is 3.48. The van der Waals surface area contributed by atoms with E-state index >= 15 is 0 Å². The van der Waals surface area contributed by atoms with E-state index in [1.54, 1.807) is 0 Å². The van der Waals surface area contributed by atoms with E-state index in [0.717, 1.165) is 19.5 Å². The number of nitrogens with zero attached hydrogens (tertiary/aromatic N) is 2. The predicted molar refractivity (Wildman–Crippen MR) is 57.9 cm³/mol. The van der Waals surface area contributed by atoms with Crippen LogP contribution in [0, 0.1) is 17.2 Å². The Morgan fingerprint density at radius 1 is 1.64 bits per heavy atom. The zero-order valence-corrected chi connectivity index (χ0v) is 9.29. The molecule has 0 saturated carbocycles. The Kier molecular flexibility index (Phi) is 4.92. The van der Waals surface area contributed by atoms with Crippen LogP contribution >= 0.6 is 0 Å². The molecule has 3 heteroatoms. The smallest absolute Gasteiger partial charge is 0.0669 e. The molecule has 0 aromatic heterocycles. The van der Waals surface area contributed by atoms with Gasteiger partial charge in [0.15, 0.2) is 0 Å². The maximum absolute atomic E-state index is 8.81. The second-order valence-corrected chi connectivity index (χ2v) is 4.24. The fraction of sp³-hybridized carbons (Fsp3) is 0.909. The summed E-state index contributed by atoms with van der Waals surface area (Å²) in [6, 6.07) is 2.92. The van der Waals surface area contributed by atoms with Crippen LogP contribution in [0.5, 0.6) is 0 Å². The molecular weight excluding hydrogens is 174 g/mol. The van der Waals surface area contributed by atoms with Crippen LogP contribution in [0.4, 0.5) is 0 Å². The number of nitrogens with one attached hydrogen (secondary N) is 1. The summed E-state index contributed by atoms with van der Waals surface area (Å²) in [5.41, 5.74) is 0. The fourth-order valence-corrected chi connectivity index (χ4v) is 1.92. The second kappa shape index (κ2) is 6.00. The maximum Gasteiger partial charge on any atom is 0.0669 e. The minimum atomic E-state index is 0.183. The number of hydrogen-bond acceptors (Lipinski definition) is 3. The lowest BCUT2D eigenvalue weighted by atomic mass is 10.0. The third kappa shape index (κ3) is 3.65. The van der Waals surface area contributed by atoms with Crippen molar-refractivity contribution in [2.45, 2.75) is 32.2 Å². The molecule has 3 nitrogen and oxygen atoms in total. The highest BCUT2D eigenvalue weighted by Crippen LogP contribution is 2.08. The summed E-state index contributed by atoms with van der Waals surface area (Å²) in [7, 11) is 2.16. The van der Waals surface area contributed by atoms with Crippen LogP contribution in [0.2, 0.25) is 0 Å². The predicted octanol–water partition coefficient (Wildman–Crippen LogP) is 1.22. The van der Waals surface area contributed by atoms with Crippen molar-refractivity contribution in [3.8, 4) is 6.07 Å². The van der Waals surface area contributed by atoms with Crippen molar-refractivity contribution in [1.82, 2.24) is 10.2 Å². The van der Waals surface area contributed by atoms with Gasteiger partial charge in [0.2, 0.25) is 0 Å². The third-order valence-electron chi connectivity index (χ3n) is 2.95. The fourth-order valence-electron chi connectivity index (χ4n) is 1.92. The van der Waals surface area contributed by atoms with E-state index in [1.807, 2.05) is 0 Å². The average molecular weight is 195 g/mol. The van der Waals surface area contributed by atoms with Crippen LogP contribution in [0.1, 0.15) is 26.2 Å². The molecule has 0 amide bonds. The monoisotopic (exact) mass is 195 g/mol. The molecule has 2 unspecified atom stereocenters. The van der Waals surface area contributed by atoms with Crippen molar-refractivity contribution >= 4 is 0 Å². The molecule has 0 bridgehead atoms. The van der Waals surface area contributed by atoms with E-state index in [9.17, 15) is 0 Å². The van der Waals surface area contributed by atoms with Crippen LogP contribution in [-0.2, 0) is 0 Å². The van der Waals surface area contributed by atoms with Gasteiger partial charge in [0.25, 0.3) is 0 Å². The normalized spacial score (nSPS) is 25.6. The molecule has 1 saturated heterocycles. The molecule has 1 aliphatic heterocycles. The largest absolute Gasteiger partial charge is 0.311 e. The summed E-state index contributed by atoms with van der Waals surface area (Å²) in [5, 5.41) is 12.3. The lowest BCUT2D eigenvalue weighted by Gasteiger charge is -2.30. The van der Waals surface area contributed by atoms with Crippen molar-refractivity contribution in [2.75, 3.05) is 26.7 Å². The van der Waals surface area contributed by atoms with Crippen LogP contribution in [0.15, 0.2) is 0 Å². The Bertz CT molecular complexity index is 197. The van der Waals surface area contributed by atoms with Crippen LogP contribution in [0.3, 0.4) is 0 Å². The molecule has 0 aromatic carbocycles. The number of likely N-dealkylation sites (tertiary alicyclic amines) is 1. The van der Waals surface area contributed by atoms with E-state index < -0.39 is 0 Å². The molecule has 0 radical (unpaired) electrons. The minimum Gasteiger partial charge on any atom is -0.311 e. The number of hydrogen-bond donors (Lipinski definition) is 1. The van der Waals surface area contributed by atoms with E-state index in [0.29, 0.717) is 6.04 Å². The molecule has 1 fully saturated rings. The highest BCUT2D eigenvalue weighted by atomic mass is 15.1. The number of rotatable bonds is 4. The molecule has 0 aliphatic carbocycles. The zero-order valence-electron chi connectivity index (χ0n) is 9.29. The van der Waals surface area contributed by atoms with Gasteiger partial charge >= 0.3 is 0 Å². The standard InChI is InChI=1S/C11H21N3/c1-3-10(7-12)8-13-11-5-4-6-14(2)9-11/h10-11,13H,3-6,8-9H2,1-2H3. The van der Waals surface area contributed by atoms with Gasteiger partial charge in [0.05, 0.1) is 12.0 Å². The van der Waals surface area contributed by atoms with Gasteiger partial charge in [0, 0.05) is 19.1 Å². The number of likely N-dealkylation sites (N-methyl/N-ethyl adjacent to an activating group) is 1. The second-order valence-electron chi connectivity index (χ2n) is 4.24. The summed E-state index contributed by atoms with van der Waals surface area (Å²) in [4.78, 5) is 2.36. The first kappa shape index (κ1) is 11.5. The Hall–Kier alpha value is -0.590. The van der Waals surface area contributed by atoms with Crippen LogP contribution < -0.4 is 5.32 Å². The first-order valence-electron chi connectivity index (χ1n) is 5.57. The topological polar surface area (TPSA) is 39.1 Å². The van der Waals surface area contributed by atoms with E-state index in [1.165, 1.54) is 19.4 Å². The van der Waals surface area contributed by atoms with Crippen molar-refractivity contribution in [3.05, 3.63) is 0 Å². The Morgan fingerprint density at radius 3 is 3.00 bits per heavy atom. The van der Waals surface area contributed by atoms with Crippen LogP contribution in [-0.4, -0.2) is 37.6 Å². The highest BCUT2D eigenvalue weighted by molar-refractivity contribution is 4.85. The first-order chi connectivity index (χ1) is 6.76. The lowest BCUT2D eigenvalue weighted by molar-refractivity contribution is 0.224. The molecule has 0 aromatic rings. The Balaban J connectivity index is 2.20. The number of piperidine rings is 1. The van der Waals surface area contributed by atoms with Gasteiger partial charge in [-0.2, -0.15) is 5.26 Å². The van der Waals surface area contributed by atoms with Gasteiger partial charge in [-0.05, 0) is 32.9 Å². The summed E-state index contributed by atoms with van der Waals surface area (Å²) in [5.74, 6) is 0.183. The van der Waals surface area contributed by atoms with E-state index in [4.69, 9.17) is 5.26 Å². The molecule has 1 N–H and O–H groups in total. The molecule has 1 aliphatic rings. The van der Waals surface area contributed by atoms with E-state index in [2.05, 4.69) is 30.3 Å². The van der Waals surface area contributed by atoms with E-state index in [-0.39, 0.29) is 5.92 Å². The Labute approximate surface area is 87.1 Å². The molecule has 80 valence electrons. The van der Waals surface area contributed by atoms with Gasteiger partial charge in [-0.25, -0.2) is 0 Å². The quantitative estimate of drug-likeness (QED) is 0.733. The number of nitriles is 1. The third-order valence-corrected chi connectivity index (χ3v) is 2.95. The van der Waals surface area contributed by atoms with Gasteiger partial charge in [-0.3, -0.25) is 0 Å². The molecule has 1 rings (SSSR count).